The third kappa shape index (κ3) is 45.9. The fourth-order valence-electron chi connectivity index (χ4n) is 8.23. The molecule has 0 aliphatic carbocycles. The lowest BCUT2D eigenvalue weighted by Crippen LogP contribution is -2.42. The van der Waals surface area contributed by atoms with Gasteiger partial charge in [0.1, 0.15) is 0 Å². The molecule has 0 spiro atoms. The average Bonchev–Trinajstić information content (AvgIpc) is 3.33. The first-order chi connectivity index (χ1) is 32.7. The lowest BCUT2D eigenvalue weighted by molar-refractivity contribution is -0.145. The molecule has 0 bridgehead atoms. The molecule has 0 N–H and O–H groups in total. The summed E-state index contributed by atoms with van der Waals surface area (Å²) in [6, 6.07) is 0. The Morgan fingerprint density at radius 2 is 0.567 bits per heavy atom. The molecule has 0 rings (SSSR count). The van der Waals surface area contributed by atoms with E-state index >= 15 is 0 Å². The van der Waals surface area contributed by atoms with Crippen LogP contribution in [-0.4, -0.2) is 149 Å². The Labute approximate surface area is 413 Å². The highest BCUT2D eigenvalue weighted by Crippen LogP contribution is 2.13. The number of carbonyl (C=O) groups excluding carboxylic acids is 4. The molecule has 0 aromatic heterocycles. The van der Waals surface area contributed by atoms with Gasteiger partial charge < -0.3 is 38.5 Å². The van der Waals surface area contributed by atoms with E-state index in [1.807, 2.05) is 0 Å². The van der Waals surface area contributed by atoms with E-state index in [-0.39, 0.29) is 30.3 Å². The summed E-state index contributed by atoms with van der Waals surface area (Å²) in [5, 5.41) is 0. The van der Waals surface area contributed by atoms with Crippen LogP contribution in [0.15, 0.2) is 0 Å². The molecule has 0 unspecified atom stereocenters. The number of nitrogens with zero attached hydrogens (tertiary/aromatic N) is 4. The summed E-state index contributed by atoms with van der Waals surface area (Å²) in [6.45, 7) is 18.2. The predicted molar refractivity (Wildman–Crippen MR) is 278 cm³/mol. The first-order valence-corrected chi connectivity index (χ1v) is 28.1. The zero-order valence-corrected chi connectivity index (χ0v) is 44.9. The number of esters is 4. The minimum Gasteiger partial charge on any atom is -0.469 e. The summed E-state index contributed by atoms with van der Waals surface area (Å²) >= 11 is 0. The molecule has 12 nitrogen and oxygen atoms in total. The molecule has 396 valence electrons. The Balaban J connectivity index is 4.92. The molecule has 0 fully saturated rings. The summed E-state index contributed by atoms with van der Waals surface area (Å²) in [5.41, 5.74) is 0. The summed E-state index contributed by atoms with van der Waals surface area (Å²) < 4.78 is 21.7. The number of rotatable bonds is 52. The summed E-state index contributed by atoms with van der Waals surface area (Å²) in [5.74, 6) is -0.771. The minimum absolute atomic E-state index is 0.168. The van der Waals surface area contributed by atoms with Crippen molar-refractivity contribution < 1.29 is 38.1 Å². The Morgan fingerprint density at radius 1 is 0.313 bits per heavy atom. The van der Waals surface area contributed by atoms with Crippen molar-refractivity contribution in [3.63, 3.8) is 0 Å². The molecular formula is C55H108N4O8. The van der Waals surface area contributed by atoms with Crippen LogP contribution in [0.4, 0.5) is 0 Å². The van der Waals surface area contributed by atoms with E-state index in [1.54, 1.807) is 0 Å². The molecule has 12 heteroatoms. The largest absolute Gasteiger partial charge is 0.469 e. The number of ether oxygens (including phenoxy) is 4. The smallest absolute Gasteiger partial charge is 0.307 e. The number of carbonyl (C=O) groups is 4. The summed E-state index contributed by atoms with van der Waals surface area (Å²) in [4.78, 5) is 59.2. The normalized spacial score (nSPS) is 11.6. The second-order valence-corrected chi connectivity index (χ2v) is 19.1. The average molecular weight is 953 g/mol. The van der Waals surface area contributed by atoms with Gasteiger partial charge in [-0.1, -0.05) is 182 Å². The molecule has 0 saturated carbocycles. The monoisotopic (exact) mass is 953 g/mol. The molecule has 0 aliphatic rings. The van der Waals surface area contributed by atoms with Crippen LogP contribution in [0.25, 0.3) is 0 Å². The molecule has 0 aromatic carbocycles. The van der Waals surface area contributed by atoms with E-state index < -0.39 is 0 Å². The fourth-order valence-corrected chi connectivity index (χ4v) is 8.23. The third-order valence-corrected chi connectivity index (χ3v) is 13.1. The quantitative estimate of drug-likeness (QED) is 0.0328. The second-order valence-electron chi connectivity index (χ2n) is 19.1. The molecule has 0 atom stereocenters. The van der Waals surface area contributed by atoms with Gasteiger partial charge in [0.15, 0.2) is 0 Å². The van der Waals surface area contributed by atoms with Crippen LogP contribution in [0.3, 0.4) is 0 Å². The zero-order chi connectivity index (χ0) is 49.3. The van der Waals surface area contributed by atoms with Crippen LogP contribution in [0.1, 0.15) is 227 Å². The maximum atomic E-state index is 12.8. The fraction of sp³-hybridized carbons (Fsp3) is 0.927. The van der Waals surface area contributed by atoms with Gasteiger partial charge in [0.25, 0.3) is 0 Å². The van der Waals surface area contributed by atoms with Crippen molar-refractivity contribution in [1.29, 1.82) is 0 Å². The molecule has 0 radical (unpaired) electrons. The van der Waals surface area contributed by atoms with Gasteiger partial charge >= 0.3 is 23.9 Å². The summed E-state index contributed by atoms with van der Waals surface area (Å²) in [7, 11) is 3.52. The van der Waals surface area contributed by atoms with E-state index in [9.17, 15) is 19.2 Å². The van der Waals surface area contributed by atoms with Gasteiger partial charge in [-0.15, -0.1) is 0 Å². The molecule has 0 aliphatic heterocycles. The van der Waals surface area contributed by atoms with Gasteiger partial charge in [-0.05, 0) is 32.9 Å². The van der Waals surface area contributed by atoms with E-state index in [0.717, 1.165) is 84.3 Å². The van der Waals surface area contributed by atoms with Crippen LogP contribution < -0.4 is 0 Å². The Kier molecular flexibility index (Phi) is 48.4. The van der Waals surface area contributed by atoms with Crippen molar-refractivity contribution in [2.24, 2.45) is 0 Å². The maximum Gasteiger partial charge on any atom is 0.307 e. The van der Waals surface area contributed by atoms with Crippen molar-refractivity contribution in [1.82, 2.24) is 19.6 Å². The maximum absolute atomic E-state index is 12.8. The Bertz CT molecular complexity index is 1090. The molecule has 0 amide bonds. The van der Waals surface area contributed by atoms with E-state index in [0.29, 0.717) is 65.3 Å². The predicted octanol–water partition coefficient (Wildman–Crippen LogP) is 11.8. The second kappa shape index (κ2) is 50.1. The standard InChI is InChI=1S/C55H108N4O8/c1-7-11-14-17-20-23-26-29-32-49-65-53(61)36-40-58(39-35-52(60)64-6)46-44-56(5)43-45-57(10-4)47-48-59(41-37-54(62)66-50-33-30-27-24-21-18-15-12-8-2)42-38-55(63)67-51-34-31-28-25-22-19-16-13-9-3/h7-51H2,1-6H3. The lowest BCUT2D eigenvalue weighted by Gasteiger charge is -2.29. The third-order valence-electron chi connectivity index (χ3n) is 13.1. The molecule has 0 saturated heterocycles. The number of methoxy groups -OCH3 is 1. The van der Waals surface area contributed by atoms with Crippen LogP contribution in [0, 0.1) is 0 Å². The van der Waals surface area contributed by atoms with Gasteiger partial charge in [0.2, 0.25) is 0 Å². The molecule has 0 heterocycles. The van der Waals surface area contributed by atoms with Gasteiger partial charge in [0.05, 0.1) is 52.6 Å². The first-order valence-electron chi connectivity index (χ1n) is 28.1. The topological polar surface area (TPSA) is 118 Å². The van der Waals surface area contributed by atoms with E-state index in [4.69, 9.17) is 18.9 Å². The van der Waals surface area contributed by atoms with Gasteiger partial charge in [-0.25, -0.2) is 0 Å². The van der Waals surface area contributed by atoms with Crippen molar-refractivity contribution in [2.45, 2.75) is 227 Å². The molecule has 67 heavy (non-hydrogen) atoms. The Morgan fingerprint density at radius 3 is 0.866 bits per heavy atom. The number of unbranched alkanes of at least 4 members (excludes halogenated alkanes) is 24. The van der Waals surface area contributed by atoms with Crippen molar-refractivity contribution in [2.75, 3.05) is 106 Å². The molecule has 0 aromatic rings. The SMILES string of the molecule is CCCCCCCCCCCOC(=O)CCN(CCC(=O)OC)CCN(C)CCN(CC)CCN(CCC(=O)OCCCCCCCCCCC)CCC(=O)OCCCCCCCCCCC. The number of likely N-dealkylation sites (N-methyl/N-ethyl adjacent to an activating group) is 2. The van der Waals surface area contributed by atoms with Gasteiger partial charge in [0, 0.05) is 65.4 Å². The summed E-state index contributed by atoms with van der Waals surface area (Å²) in [6.07, 6.45) is 34.3. The van der Waals surface area contributed by atoms with Crippen molar-refractivity contribution in [3.05, 3.63) is 0 Å². The molecular weight excluding hydrogens is 845 g/mol. The highest BCUT2D eigenvalue weighted by molar-refractivity contribution is 5.70. The minimum atomic E-state index is -0.254. The van der Waals surface area contributed by atoms with E-state index in [1.165, 1.54) is 142 Å². The first kappa shape index (κ1) is 64.7. The van der Waals surface area contributed by atoms with Crippen LogP contribution in [0.5, 0.6) is 0 Å². The highest BCUT2D eigenvalue weighted by atomic mass is 16.5. The lowest BCUT2D eigenvalue weighted by atomic mass is 10.1. The van der Waals surface area contributed by atoms with Crippen LogP contribution >= 0.6 is 0 Å². The Hall–Kier alpha value is -2.28. The zero-order valence-electron chi connectivity index (χ0n) is 44.9. The van der Waals surface area contributed by atoms with E-state index in [2.05, 4.69) is 54.3 Å². The van der Waals surface area contributed by atoms with Crippen LogP contribution in [-0.2, 0) is 38.1 Å². The number of hydrogen-bond donors (Lipinski definition) is 0. The van der Waals surface area contributed by atoms with Crippen LogP contribution in [0.2, 0.25) is 0 Å². The highest BCUT2D eigenvalue weighted by Gasteiger charge is 2.16. The number of hydrogen-bond acceptors (Lipinski definition) is 12. The van der Waals surface area contributed by atoms with Gasteiger partial charge in [-0.3, -0.25) is 19.2 Å². The van der Waals surface area contributed by atoms with Crippen molar-refractivity contribution in [3.8, 4) is 0 Å². The van der Waals surface area contributed by atoms with Crippen molar-refractivity contribution >= 4 is 23.9 Å². The van der Waals surface area contributed by atoms with Gasteiger partial charge in [-0.2, -0.15) is 0 Å².